The first-order chi connectivity index (χ1) is 7.79. The monoisotopic (exact) mass is 248 g/mol. The van der Waals surface area contributed by atoms with Crippen molar-refractivity contribution in [2.24, 2.45) is 0 Å². The van der Waals surface area contributed by atoms with Gasteiger partial charge in [-0.25, -0.2) is 0 Å². The molecule has 0 fully saturated rings. The zero-order chi connectivity index (χ0) is 11.4. The van der Waals surface area contributed by atoms with Crippen LogP contribution < -0.4 is 5.32 Å². The lowest BCUT2D eigenvalue weighted by atomic mass is 10.3. The molecule has 0 aromatic carbocycles. The van der Waals surface area contributed by atoms with Crippen LogP contribution in [0.25, 0.3) is 0 Å². The number of nitriles is 1. The van der Waals surface area contributed by atoms with Crippen molar-refractivity contribution in [1.29, 1.82) is 5.26 Å². The summed E-state index contributed by atoms with van der Waals surface area (Å²) >= 11 is 3.34. The van der Waals surface area contributed by atoms with Crippen LogP contribution in [0.4, 0.5) is 0 Å². The normalized spacial score (nSPS) is 10.2. The van der Waals surface area contributed by atoms with Gasteiger partial charge in [0.2, 0.25) is 0 Å². The van der Waals surface area contributed by atoms with Crippen LogP contribution in [-0.4, -0.2) is 0 Å². The van der Waals surface area contributed by atoms with Crippen molar-refractivity contribution < 1.29 is 0 Å². The van der Waals surface area contributed by atoms with Crippen molar-refractivity contribution in [2.75, 3.05) is 0 Å². The number of hydrogen-bond acceptors (Lipinski definition) is 4. The van der Waals surface area contributed by atoms with Crippen LogP contribution in [0.2, 0.25) is 0 Å². The summed E-state index contributed by atoms with van der Waals surface area (Å²) in [7, 11) is 0. The molecule has 2 rings (SSSR count). The first-order valence-corrected chi connectivity index (χ1v) is 6.71. The second-order valence-corrected chi connectivity index (χ2v) is 5.68. The van der Waals surface area contributed by atoms with Gasteiger partial charge in [0.05, 0.1) is 0 Å². The average Bonchev–Trinajstić information content (AvgIpc) is 2.89. The fourth-order valence-electron chi connectivity index (χ4n) is 1.42. The molecule has 2 nitrogen and oxygen atoms in total. The molecule has 0 atom stereocenters. The van der Waals surface area contributed by atoms with Crippen LogP contribution in [0.1, 0.15) is 20.2 Å². The van der Waals surface area contributed by atoms with E-state index in [-0.39, 0.29) is 0 Å². The molecule has 0 saturated heterocycles. The summed E-state index contributed by atoms with van der Waals surface area (Å²) in [4.78, 5) is 3.38. The Bertz CT molecular complexity index is 505. The van der Waals surface area contributed by atoms with Gasteiger partial charge < -0.3 is 5.32 Å². The van der Waals surface area contributed by atoms with E-state index in [1.54, 1.807) is 22.7 Å². The molecule has 0 radical (unpaired) electrons. The third kappa shape index (κ3) is 2.70. The van der Waals surface area contributed by atoms with Crippen LogP contribution in [0.3, 0.4) is 0 Å². The molecule has 82 valence electrons. The van der Waals surface area contributed by atoms with Gasteiger partial charge >= 0.3 is 0 Å². The fourth-order valence-corrected chi connectivity index (χ4v) is 3.07. The van der Waals surface area contributed by atoms with E-state index in [4.69, 9.17) is 5.26 Å². The lowest BCUT2D eigenvalue weighted by Crippen LogP contribution is -2.11. The summed E-state index contributed by atoms with van der Waals surface area (Å²) in [6, 6.07) is 8.18. The van der Waals surface area contributed by atoms with Crippen molar-refractivity contribution >= 4 is 22.7 Å². The Balaban J connectivity index is 1.85. The second-order valence-electron chi connectivity index (χ2n) is 3.51. The third-order valence-corrected chi connectivity index (χ3v) is 4.34. The van der Waals surface area contributed by atoms with Gasteiger partial charge in [0.15, 0.2) is 0 Å². The number of nitrogens with one attached hydrogen (secondary N) is 1. The quantitative estimate of drug-likeness (QED) is 0.901. The van der Waals surface area contributed by atoms with Gasteiger partial charge in [0, 0.05) is 22.8 Å². The number of nitrogens with zero attached hydrogens (tertiary/aromatic N) is 1. The van der Waals surface area contributed by atoms with Gasteiger partial charge in [-0.05, 0) is 36.1 Å². The first-order valence-electron chi connectivity index (χ1n) is 5.02. The van der Waals surface area contributed by atoms with E-state index in [1.165, 1.54) is 15.3 Å². The Morgan fingerprint density at radius 1 is 1.31 bits per heavy atom. The highest BCUT2D eigenvalue weighted by molar-refractivity contribution is 7.12. The van der Waals surface area contributed by atoms with Gasteiger partial charge in [-0.2, -0.15) is 5.26 Å². The summed E-state index contributed by atoms with van der Waals surface area (Å²) in [5.41, 5.74) is 1.35. The first kappa shape index (κ1) is 11.3. The Kier molecular flexibility index (Phi) is 3.73. The standard InChI is InChI=1S/C12H12N2S2/c1-9-4-5-15-12(9)8-14-7-11-3-2-10(6-13)16-11/h2-5,14H,7-8H2,1H3. The highest BCUT2D eigenvalue weighted by Crippen LogP contribution is 2.17. The molecular formula is C12H12N2S2. The Morgan fingerprint density at radius 2 is 2.19 bits per heavy atom. The number of thiophene rings is 2. The molecule has 16 heavy (non-hydrogen) atoms. The minimum Gasteiger partial charge on any atom is -0.307 e. The highest BCUT2D eigenvalue weighted by Gasteiger charge is 2.01. The Hall–Kier alpha value is -1.15. The van der Waals surface area contributed by atoms with Crippen LogP contribution in [0, 0.1) is 18.3 Å². The molecule has 0 amide bonds. The topological polar surface area (TPSA) is 35.8 Å². The highest BCUT2D eigenvalue weighted by atomic mass is 32.1. The maximum Gasteiger partial charge on any atom is 0.110 e. The SMILES string of the molecule is Cc1ccsc1CNCc1ccc(C#N)s1. The van der Waals surface area contributed by atoms with Gasteiger partial charge in [0.1, 0.15) is 10.9 Å². The van der Waals surface area contributed by atoms with E-state index in [2.05, 4.69) is 29.8 Å². The van der Waals surface area contributed by atoms with Crippen molar-refractivity contribution in [2.45, 2.75) is 20.0 Å². The largest absolute Gasteiger partial charge is 0.307 e. The number of hydrogen-bond donors (Lipinski definition) is 1. The minimum absolute atomic E-state index is 0.782. The van der Waals surface area contributed by atoms with E-state index in [9.17, 15) is 0 Å². The predicted molar refractivity (Wildman–Crippen MR) is 68.6 cm³/mol. The number of aryl methyl sites for hydroxylation is 1. The second kappa shape index (κ2) is 5.26. The van der Waals surface area contributed by atoms with Crippen molar-refractivity contribution in [3.05, 3.63) is 43.8 Å². The summed E-state index contributed by atoms with van der Waals surface area (Å²) < 4.78 is 0. The van der Waals surface area contributed by atoms with E-state index in [0.717, 1.165) is 18.0 Å². The van der Waals surface area contributed by atoms with Gasteiger partial charge in [-0.1, -0.05) is 0 Å². The maximum absolute atomic E-state index is 8.70. The van der Waals surface area contributed by atoms with Crippen LogP contribution in [0.5, 0.6) is 0 Å². The zero-order valence-electron chi connectivity index (χ0n) is 8.99. The lowest BCUT2D eigenvalue weighted by Gasteiger charge is -2.01. The van der Waals surface area contributed by atoms with Crippen molar-refractivity contribution in [3.8, 4) is 6.07 Å². The number of rotatable bonds is 4. The minimum atomic E-state index is 0.782. The molecule has 0 spiro atoms. The van der Waals surface area contributed by atoms with E-state index in [0.29, 0.717) is 0 Å². The third-order valence-electron chi connectivity index (χ3n) is 2.32. The van der Waals surface area contributed by atoms with E-state index < -0.39 is 0 Å². The average molecular weight is 248 g/mol. The summed E-state index contributed by atoms with van der Waals surface area (Å²) in [5, 5.41) is 14.2. The van der Waals surface area contributed by atoms with Crippen LogP contribution in [0.15, 0.2) is 23.6 Å². The lowest BCUT2D eigenvalue weighted by molar-refractivity contribution is 0.706. The van der Waals surface area contributed by atoms with Crippen molar-refractivity contribution in [1.82, 2.24) is 5.32 Å². The summed E-state index contributed by atoms with van der Waals surface area (Å²) in [6.45, 7) is 3.87. The van der Waals surface area contributed by atoms with Gasteiger partial charge in [0.25, 0.3) is 0 Å². The predicted octanol–water partition coefficient (Wildman–Crippen LogP) is 3.28. The maximum atomic E-state index is 8.70. The molecular weight excluding hydrogens is 236 g/mol. The van der Waals surface area contributed by atoms with E-state index in [1.807, 2.05) is 12.1 Å². The van der Waals surface area contributed by atoms with Crippen LogP contribution >= 0.6 is 22.7 Å². The van der Waals surface area contributed by atoms with Gasteiger partial charge in [-0.15, -0.1) is 22.7 Å². The smallest absolute Gasteiger partial charge is 0.110 e. The molecule has 0 unspecified atom stereocenters. The zero-order valence-corrected chi connectivity index (χ0v) is 10.6. The molecule has 2 aromatic heterocycles. The molecule has 0 aliphatic carbocycles. The van der Waals surface area contributed by atoms with Crippen LogP contribution in [-0.2, 0) is 13.1 Å². The molecule has 0 aliphatic rings. The summed E-state index contributed by atoms with van der Waals surface area (Å²) in [6.07, 6.45) is 0. The Morgan fingerprint density at radius 3 is 2.81 bits per heavy atom. The molecule has 2 aromatic rings. The summed E-state index contributed by atoms with van der Waals surface area (Å²) in [5.74, 6) is 0. The molecule has 2 heterocycles. The molecule has 1 N–H and O–H groups in total. The molecule has 0 saturated carbocycles. The fraction of sp³-hybridized carbons (Fsp3) is 0.250. The van der Waals surface area contributed by atoms with E-state index >= 15 is 0 Å². The molecule has 4 heteroatoms. The molecule has 0 aliphatic heterocycles. The van der Waals surface area contributed by atoms with Gasteiger partial charge in [-0.3, -0.25) is 0 Å². The Labute approximate surface area is 103 Å². The van der Waals surface area contributed by atoms with Crippen molar-refractivity contribution in [3.63, 3.8) is 0 Å². The molecule has 0 bridgehead atoms.